The van der Waals surface area contributed by atoms with Crippen LogP contribution in [0.3, 0.4) is 0 Å². The summed E-state index contributed by atoms with van der Waals surface area (Å²) < 4.78 is 5.25. The molecule has 3 nitrogen and oxygen atoms in total. The fourth-order valence-electron chi connectivity index (χ4n) is 1.39. The van der Waals surface area contributed by atoms with E-state index in [-0.39, 0.29) is 11.8 Å². The maximum Gasteiger partial charge on any atom is 0.166 e. The zero-order valence-electron chi connectivity index (χ0n) is 6.87. The molecule has 0 spiro atoms. The highest BCUT2D eigenvalue weighted by molar-refractivity contribution is 5.53. The molecular formula is C9H11NO2. The fraction of sp³-hybridized carbons (Fsp3) is 0.333. The number of nitrogens with two attached hydrogens (primary N) is 1. The summed E-state index contributed by atoms with van der Waals surface area (Å²) in [4.78, 5) is 0. The number of rotatable bonds is 0. The first kappa shape index (κ1) is 7.43. The molecule has 3 N–H and O–H groups in total. The molecule has 1 aromatic rings. The molecule has 0 unspecified atom stereocenters. The average molecular weight is 165 g/mol. The van der Waals surface area contributed by atoms with Crippen LogP contribution in [-0.4, -0.2) is 11.7 Å². The molecule has 1 atom stereocenters. The Morgan fingerprint density at radius 2 is 2.33 bits per heavy atom. The third-order valence-corrected chi connectivity index (χ3v) is 2.17. The van der Waals surface area contributed by atoms with E-state index < -0.39 is 0 Å². The van der Waals surface area contributed by atoms with Crippen LogP contribution in [0.15, 0.2) is 12.1 Å². The summed E-state index contributed by atoms with van der Waals surface area (Å²) in [7, 11) is 0. The monoisotopic (exact) mass is 165 g/mol. The van der Waals surface area contributed by atoms with Gasteiger partial charge in [-0.25, -0.2) is 0 Å². The number of ether oxygens (including phenoxy) is 1. The molecule has 1 heterocycles. The lowest BCUT2D eigenvalue weighted by Gasteiger charge is -2.04. The van der Waals surface area contributed by atoms with Crippen LogP contribution in [-0.2, 0) is 0 Å². The van der Waals surface area contributed by atoms with Gasteiger partial charge in [0.05, 0.1) is 6.04 Å². The number of phenolic OH excluding ortho intramolecular Hbond substituents is 1. The Hall–Kier alpha value is -1.22. The summed E-state index contributed by atoms with van der Waals surface area (Å²) in [5.74, 6) is 0.781. The Morgan fingerprint density at radius 3 is 3.08 bits per heavy atom. The van der Waals surface area contributed by atoms with Gasteiger partial charge in [-0.1, -0.05) is 12.1 Å². The molecule has 0 radical (unpaired) electrons. The van der Waals surface area contributed by atoms with Crippen LogP contribution in [0.4, 0.5) is 0 Å². The molecule has 0 aliphatic carbocycles. The molecule has 0 saturated heterocycles. The molecule has 12 heavy (non-hydrogen) atoms. The highest BCUT2D eigenvalue weighted by Gasteiger charge is 2.24. The van der Waals surface area contributed by atoms with Crippen LogP contribution in [0.5, 0.6) is 11.5 Å². The standard InChI is InChI=1S/C9H11NO2/c1-5-2-3-6-7(10)4-12-9(6)8(5)11/h2-3,7,11H,4,10H2,1H3/t7-/m1/s1. The van der Waals surface area contributed by atoms with E-state index in [1.165, 1.54) is 0 Å². The van der Waals surface area contributed by atoms with Gasteiger partial charge in [0.15, 0.2) is 11.5 Å². The van der Waals surface area contributed by atoms with Crippen molar-refractivity contribution < 1.29 is 9.84 Å². The maximum atomic E-state index is 9.56. The van der Waals surface area contributed by atoms with E-state index in [0.29, 0.717) is 12.4 Å². The molecular weight excluding hydrogens is 154 g/mol. The first-order valence-corrected chi connectivity index (χ1v) is 3.91. The molecule has 1 aliphatic rings. The van der Waals surface area contributed by atoms with Gasteiger partial charge in [0.25, 0.3) is 0 Å². The lowest BCUT2D eigenvalue weighted by Crippen LogP contribution is -2.10. The molecule has 2 rings (SSSR count). The van der Waals surface area contributed by atoms with Crippen molar-refractivity contribution in [3.8, 4) is 11.5 Å². The minimum absolute atomic E-state index is 0.0912. The van der Waals surface area contributed by atoms with E-state index in [1.54, 1.807) is 0 Å². The predicted octanol–water partition coefficient (Wildman–Crippen LogP) is 1.09. The molecule has 0 amide bonds. The minimum Gasteiger partial charge on any atom is -0.504 e. The third-order valence-electron chi connectivity index (χ3n) is 2.17. The van der Waals surface area contributed by atoms with Crippen LogP contribution in [0.1, 0.15) is 17.2 Å². The van der Waals surface area contributed by atoms with Crippen molar-refractivity contribution in [1.82, 2.24) is 0 Å². The lowest BCUT2D eigenvalue weighted by atomic mass is 10.1. The second kappa shape index (κ2) is 2.38. The summed E-state index contributed by atoms with van der Waals surface area (Å²) >= 11 is 0. The number of aromatic hydroxyl groups is 1. The molecule has 64 valence electrons. The fourth-order valence-corrected chi connectivity index (χ4v) is 1.39. The highest BCUT2D eigenvalue weighted by atomic mass is 16.5. The van der Waals surface area contributed by atoms with E-state index in [9.17, 15) is 5.11 Å². The van der Waals surface area contributed by atoms with E-state index in [2.05, 4.69) is 0 Å². The van der Waals surface area contributed by atoms with Gasteiger partial charge in [-0.15, -0.1) is 0 Å². The van der Waals surface area contributed by atoms with Gasteiger partial charge in [-0.3, -0.25) is 0 Å². The van der Waals surface area contributed by atoms with Crippen LogP contribution >= 0.6 is 0 Å². The van der Waals surface area contributed by atoms with Crippen molar-refractivity contribution in [3.05, 3.63) is 23.3 Å². The summed E-state index contributed by atoms with van der Waals surface area (Å²) in [5, 5.41) is 9.56. The van der Waals surface area contributed by atoms with Crippen LogP contribution in [0.2, 0.25) is 0 Å². The summed E-state index contributed by atoms with van der Waals surface area (Å²) in [6.45, 7) is 2.30. The van der Waals surface area contributed by atoms with E-state index in [1.807, 2.05) is 19.1 Å². The predicted molar refractivity (Wildman–Crippen MR) is 45.3 cm³/mol. The highest BCUT2D eigenvalue weighted by Crippen LogP contribution is 2.40. The number of hydrogen-bond acceptors (Lipinski definition) is 3. The van der Waals surface area contributed by atoms with Gasteiger partial charge in [0, 0.05) is 5.56 Å². The van der Waals surface area contributed by atoms with Gasteiger partial charge in [-0.05, 0) is 12.5 Å². The second-order valence-corrected chi connectivity index (χ2v) is 3.07. The quantitative estimate of drug-likeness (QED) is 0.605. The smallest absolute Gasteiger partial charge is 0.166 e. The largest absolute Gasteiger partial charge is 0.504 e. The lowest BCUT2D eigenvalue weighted by molar-refractivity contribution is 0.316. The average Bonchev–Trinajstić information content (AvgIpc) is 2.41. The van der Waals surface area contributed by atoms with Gasteiger partial charge in [0.1, 0.15) is 6.61 Å². The van der Waals surface area contributed by atoms with Crippen LogP contribution in [0, 0.1) is 6.92 Å². The van der Waals surface area contributed by atoms with Gasteiger partial charge in [-0.2, -0.15) is 0 Å². The third kappa shape index (κ3) is 0.865. The van der Waals surface area contributed by atoms with Gasteiger partial charge in [0.2, 0.25) is 0 Å². The Labute approximate surface area is 70.8 Å². The summed E-state index contributed by atoms with van der Waals surface area (Å²) in [6, 6.07) is 3.66. The zero-order chi connectivity index (χ0) is 8.72. The Bertz CT molecular complexity index is 323. The van der Waals surface area contributed by atoms with Crippen molar-refractivity contribution in [3.63, 3.8) is 0 Å². The van der Waals surface area contributed by atoms with Crippen molar-refractivity contribution in [1.29, 1.82) is 0 Å². The Balaban J connectivity index is 2.60. The first-order chi connectivity index (χ1) is 5.70. The van der Waals surface area contributed by atoms with Crippen molar-refractivity contribution in [2.75, 3.05) is 6.61 Å². The number of benzene rings is 1. The van der Waals surface area contributed by atoms with Crippen molar-refractivity contribution >= 4 is 0 Å². The molecule has 1 aliphatic heterocycles. The maximum absolute atomic E-state index is 9.56. The Kier molecular flexibility index (Phi) is 1.48. The molecule has 0 fully saturated rings. The normalized spacial score (nSPS) is 20.3. The molecule has 3 heteroatoms. The summed E-state index contributed by atoms with van der Waals surface area (Å²) in [5.41, 5.74) is 7.45. The topological polar surface area (TPSA) is 55.5 Å². The summed E-state index contributed by atoms with van der Waals surface area (Å²) in [6.07, 6.45) is 0. The number of fused-ring (bicyclic) bond motifs is 1. The molecule has 0 aromatic heterocycles. The zero-order valence-corrected chi connectivity index (χ0v) is 6.87. The second-order valence-electron chi connectivity index (χ2n) is 3.07. The van der Waals surface area contributed by atoms with E-state index in [0.717, 1.165) is 11.1 Å². The minimum atomic E-state index is -0.0912. The van der Waals surface area contributed by atoms with E-state index in [4.69, 9.17) is 10.5 Å². The van der Waals surface area contributed by atoms with E-state index >= 15 is 0 Å². The number of hydrogen-bond donors (Lipinski definition) is 2. The van der Waals surface area contributed by atoms with Crippen molar-refractivity contribution in [2.24, 2.45) is 5.73 Å². The molecule has 0 bridgehead atoms. The molecule has 1 aromatic carbocycles. The van der Waals surface area contributed by atoms with Gasteiger partial charge < -0.3 is 15.6 Å². The molecule has 0 saturated carbocycles. The number of aryl methyl sites for hydroxylation is 1. The first-order valence-electron chi connectivity index (χ1n) is 3.91. The number of phenols is 1. The van der Waals surface area contributed by atoms with Gasteiger partial charge >= 0.3 is 0 Å². The Morgan fingerprint density at radius 1 is 1.58 bits per heavy atom. The van der Waals surface area contributed by atoms with Crippen LogP contribution in [0.25, 0.3) is 0 Å². The van der Waals surface area contributed by atoms with Crippen molar-refractivity contribution in [2.45, 2.75) is 13.0 Å². The van der Waals surface area contributed by atoms with Crippen LogP contribution < -0.4 is 10.5 Å². The SMILES string of the molecule is Cc1ccc2c(c1O)OC[C@H]2N.